The van der Waals surface area contributed by atoms with Crippen molar-refractivity contribution in [1.29, 1.82) is 5.26 Å². The van der Waals surface area contributed by atoms with Crippen LogP contribution >= 0.6 is 0 Å². The molecule has 0 unspecified atom stereocenters. The molecule has 37 heavy (non-hydrogen) atoms. The van der Waals surface area contributed by atoms with Crippen LogP contribution in [0.25, 0.3) is 33.6 Å². The number of anilines is 1. The van der Waals surface area contributed by atoms with E-state index in [2.05, 4.69) is 9.97 Å². The van der Waals surface area contributed by atoms with Gasteiger partial charge in [-0.2, -0.15) is 5.26 Å². The topological polar surface area (TPSA) is 147 Å². The number of nitrogen functional groups attached to an aromatic ring is 1. The molecule has 0 fully saturated rings. The minimum absolute atomic E-state index is 0.0591. The SMILES string of the molecule is COc1cc2oc(=O)cc(COc3ccc(-c4cc(C#N)c(N)nc4-c4ccco4)cn3)c2cc1OC. The monoisotopic (exact) mass is 496 g/mol. The Hall–Kier alpha value is -5.30. The van der Waals surface area contributed by atoms with Crippen LogP contribution in [0, 0.1) is 11.3 Å². The molecule has 0 amide bonds. The van der Waals surface area contributed by atoms with Crippen molar-refractivity contribution in [3.8, 4) is 46.0 Å². The first-order valence-electron chi connectivity index (χ1n) is 11.0. The maximum atomic E-state index is 12.1. The van der Waals surface area contributed by atoms with E-state index >= 15 is 0 Å². The fourth-order valence-electron chi connectivity index (χ4n) is 3.89. The zero-order valence-electron chi connectivity index (χ0n) is 19.8. The standard InChI is InChI=1S/C27H20N4O6/c1-33-22-10-18-17(9-25(32)37-21(18)11-23(22)34-2)14-36-24-6-5-15(13-30-24)19-8-16(12-28)27(29)31-26(19)20-4-3-7-35-20/h3-11,13H,14H2,1-2H3,(H2,29,31). The second kappa shape index (κ2) is 9.75. The summed E-state index contributed by atoms with van der Waals surface area (Å²) in [6, 6.07) is 15.3. The Morgan fingerprint density at radius 1 is 1.08 bits per heavy atom. The molecule has 184 valence electrons. The molecule has 2 N–H and O–H groups in total. The highest BCUT2D eigenvalue weighted by atomic mass is 16.5. The number of aromatic nitrogens is 2. The molecule has 0 bridgehead atoms. The molecule has 4 heterocycles. The fraction of sp³-hybridized carbons (Fsp3) is 0.111. The highest BCUT2D eigenvalue weighted by Gasteiger charge is 2.17. The minimum atomic E-state index is -0.517. The maximum Gasteiger partial charge on any atom is 0.336 e. The predicted molar refractivity (Wildman–Crippen MR) is 134 cm³/mol. The first-order chi connectivity index (χ1) is 18.0. The summed E-state index contributed by atoms with van der Waals surface area (Å²) in [4.78, 5) is 20.9. The largest absolute Gasteiger partial charge is 0.493 e. The Bertz CT molecular complexity index is 1690. The third-order valence-electron chi connectivity index (χ3n) is 5.68. The summed E-state index contributed by atoms with van der Waals surface area (Å²) in [7, 11) is 3.03. The third-order valence-corrected chi connectivity index (χ3v) is 5.68. The fourth-order valence-corrected chi connectivity index (χ4v) is 3.89. The number of nitrogens with zero attached hydrogens (tertiary/aromatic N) is 3. The normalized spacial score (nSPS) is 10.7. The van der Waals surface area contributed by atoms with Crippen LogP contribution in [0.15, 0.2) is 74.6 Å². The Kier molecular flexibility index (Phi) is 6.18. The van der Waals surface area contributed by atoms with Crippen molar-refractivity contribution in [3.63, 3.8) is 0 Å². The van der Waals surface area contributed by atoms with Crippen molar-refractivity contribution >= 4 is 16.8 Å². The molecule has 0 radical (unpaired) electrons. The Morgan fingerprint density at radius 3 is 2.57 bits per heavy atom. The van der Waals surface area contributed by atoms with Crippen LogP contribution in [0.1, 0.15) is 11.1 Å². The molecule has 0 aliphatic carbocycles. The lowest BCUT2D eigenvalue weighted by Crippen LogP contribution is -2.05. The van der Waals surface area contributed by atoms with Gasteiger partial charge in [0.25, 0.3) is 0 Å². The summed E-state index contributed by atoms with van der Waals surface area (Å²) in [5, 5.41) is 10.1. The van der Waals surface area contributed by atoms with Gasteiger partial charge in [-0.15, -0.1) is 0 Å². The summed E-state index contributed by atoms with van der Waals surface area (Å²) in [6.07, 6.45) is 3.13. The van der Waals surface area contributed by atoms with E-state index in [0.29, 0.717) is 56.5 Å². The molecule has 0 aliphatic rings. The number of hydrogen-bond donors (Lipinski definition) is 1. The zero-order chi connectivity index (χ0) is 25.9. The third kappa shape index (κ3) is 4.53. The van der Waals surface area contributed by atoms with Crippen molar-refractivity contribution in [2.75, 3.05) is 20.0 Å². The molecule has 0 atom stereocenters. The van der Waals surface area contributed by atoms with Gasteiger partial charge in [-0.3, -0.25) is 0 Å². The summed E-state index contributed by atoms with van der Waals surface area (Å²) in [6.45, 7) is 0.0591. The van der Waals surface area contributed by atoms with E-state index in [0.717, 1.165) is 0 Å². The number of nitrogens with two attached hydrogens (primary N) is 1. The van der Waals surface area contributed by atoms with E-state index in [1.807, 2.05) is 6.07 Å². The lowest BCUT2D eigenvalue weighted by Gasteiger charge is -2.12. The number of methoxy groups -OCH3 is 2. The lowest BCUT2D eigenvalue weighted by molar-refractivity contribution is 0.294. The molecule has 0 saturated heterocycles. The second-order valence-corrected chi connectivity index (χ2v) is 7.87. The summed E-state index contributed by atoms with van der Waals surface area (Å²) in [5.41, 5.74) is 8.41. The number of furan rings is 1. The molecular weight excluding hydrogens is 476 g/mol. The predicted octanol–water partition coefficient (Wildman–Crippen LogP) is 4.56. The van der Waals surface area contributed by atoms with Crippen LogP contribution in [0.5, 0.6) is 17.4 Å². The Balaban J connectivity index is 1.45. The van der Waals surface area contributed by atoms with E-state index in [-0.39, 0.29) is 18.0 Å². The molecule has 10 nitrogen and oxygen atoms in total. The minimum Gasteiger partial charge on any atom is -0.493 e. The number of fused-ring (bicyclic) bond motifs is 1. The van der Waals surface area contributed by atoms with E-state index in [1.54, 1.807) is 48.7 Å². The average Bonchev–Trinajstić information content (AvgIpc) is 3.46. The summed E-state index contributed by atoms with van der Waals surface area (Å²) < 4.78 is 27.4. The molecular formula is C27H20N4O6. The summed E-state index contributed by atoms with van der Waals surface area (Å²) in [5.74, 6) is 1.88. The first-order valence-corrected chi connectivity index (χ1v) is 11.0. The van der Waals surface area contributed by atoms with Gasteiger partial charge in [-0.05, 0) is 30.3 Å². The molecule has 0 saturated carbocycles. The van der Waals surface area contributed by atoms with Crippen molar-refractivity contribution in [1.82, 2.24) is 9.97 Å². The van der Waals surface area contributed by atoms with Crippen molar-refractivity contribution in [3.05, 3.63) is 82.5 Å². The Labute approximate surface area is 210 Å². The molecule has 1 aromatic carbocycles. The van der Waals surface area contributed by atoms with Gasteiger partial charge in [0.2, 0.25) is 5.88 Å². The molecule has 0 spiro atoms. The Morgan fingerprint density at radius 2 is 1.89 bits per heavy atom. The van der Waals surface area contributed by atoms with Crippen LogP contribution in [-0.4, -0.2) is 24.2 Å². The molecule has 10 heteroatoms. The zero-order valence-corrected chi connectivity index (χ0v) is 19.8. The van der Waals surface area contributed by atoms with Crippen LogP contribution in [0.4, 0.5) is 5.82 Å². The number of pyridine rings is 2. The van der Waals surface area contributed by atoms with Gasteiger partial charge in [-0.1, -0.05) is 0 Å². The highest BCUT2D eigenvalue weighted by molar-refractivity contribution is 5.84. The number of rotatable bonds is 7. The number of nitriles is 1. The van der Waals surface area contributed by atoms with Crippen LogP contribution < -0.4 is 25.6 Å². The maximum absolute atomic E-state index is 12.1. The molecule has 5 rings (SSSR count). The van der Waals surface area contributed by atoms with Gasteiger partial charge in [0, 0.05) is 46.5 Å². The quantitative estimate of drug-likeness (QED) is 0.318. The van der Waals surface area contributed by atoms with E-state index in [9.17, 15) is 10.1 Å². The van der Waals surface area contributed by atoms with Gasteiger partial charge in [0.15, 0.2) is 17.3 Å². The van der Waals surface area contributed by atoms with Gasteiger partial charge >= 0.3 is 5.63 Å². The van der Waals surface area contributed by atoms with Crippen LogP contribution in [0.2, 0.25) is 0 Å². The lowest BCUT2D eigenvalue weighted by atomic mass is 10.0. The van der Waals surface area contributed by atoms with Gasteiger partial charge in [0.1, 0.15) is 29.8 Å². The van der Waals surface area contributed by atoms with Crippen LogP contribution in [-0.2, 0) is 6.61 Å². The van der Waals surface area contributed by atoms with Crippen molar-refractivity contribution in [2.24, 2.45) is 0 Å². The van der Waals surface area contributed by atoms with Crippen LogP contribution in [0.3, 0.4) is 0 Å². The van der Waals surface area contributed by atoms with E-state index in [4.69, 9.17) is 28.8 Å². The number of benzene rings is 1. The average molecular weight is 496 g/mol. The first kappa shape index (κ1) is 23.4. The highest BCUT2D eigenvalue weighted by Crippen LogP contribution is 2.35. The molecule has 5 aromatic rings. The van der Waals surface area contributed by atoms with Gasteiger partial charge in [0.05, 0.1) is 26.0 Å². The second-order valence-electron chi connectivity index (χ2n) is 7.87. The van der Waals surface area contributed by atoms with Crippen molar-refractivity contribution < 1.29 is 23.0 Å². The molecule has 4 aromatic heterocycles. The van der Waals surface area contributed by atoms with Gasteiger partial charge in [-0.25, -0.2) is 14.8 Å². The molecule has 0 aliphatic heterocycles. The van der Waals surface area contributed by atoms with E-state index in [1.165, 1.54) is 26.5 Å². The smallest absolute Gasteiger partial charge is 0.336 e. The van der Waals surface area contributed by atoms with Gasteiger partial charge < -0.3 is 28.8 Å². The van der Waals surface area contributed by atoms with E-state index < -0.39 is 5.63 Å². The summed E-state index contributed by atoms with van der Waals surface area (Å²) >= 11 is 0. The number of ether oxygens (including phenoxy) is 3. The van der Waals surface area contributed by atoms with Crippen molar-refractivity contribution in [2.45, 2.75) is 6.61 Å². The number of hydrogen-bond acceptors (Lipinski definition) is 10.